The average molecular weight is 862 g/mol. The van der Waals surface area contributed by atoms with Crippen LogP contribution >= 0.6 is 0 Å². The predicted molar refractivity (Wildman–Crippen MR) is 230 cm³/mol. The van der Waals surface area contributed by atoms with Crippen LogP contribution in [0.4, 0.5) is 0 Å². The van der Waals surface area contributed by atoms with Gasteiger partial charge in [0, 0.05) is 49.5 Å². The van der Waals surface area contributed by atoms with Gasteiger partial charge in [-0.3, -0.25) is 38.6 Å². The Labute approximate surface area is 359 Å². The number of aliphatic hydroxyl groups is 1. The van der Waals surface area contributed by atoms with E-state index in [9.17, 15) is 43.8 Å². The summed E-state index contributed by atoms with van der Waals surface area (Å²) >= 11 is 0. The zero-order chi connectivity index (χ0) is 45.3. The van der Waals surface area contributed by atoms with Gasteiger partial charge >= 0.3 is 0 Å². The van der Waals surface area contributed by atoms with E-state index in [1.807, 2.05) is 38.1 Å². The number of aliphatic imine (C=N–C) groups is 1. The number of fused-ring (bicyclic) bond motifs is 1. The summed E-state index contributed by atoms with van der Waals surface area (Å²) in [7, 11) is 0. The number of likely N-dealkylation sites (tertiary alicyclic amines) is 1. The van der Waals surface area contributed by atoms with Crippen LogP contribution in [0.3, 0.4) is 0 Å². The molecule has 0 radical (unpaired) electrons. The number of phenols is 1. The number of hydrogen-bond donors (Lipinski definition) is 11. The number of carbonyl (C=O) groups is 7. The fourth-order valence-electron chi connectivity index (χ4n) is 7.25. The number of aromatic amines is 1. The molecule has 2 aromatic carbocycles. The lowest BCUT2D eigenvalue weighted by Gasteiger charge is -2.30. The molecular weight excluding hydrogens is 803 g/mol. The third kappa shape index (κ3) is 14.5. The van der Waals surface area contributed by atoms with Crippen molar-refractivity contribution in [3.8, 4) is 5.75 Å². The number of carbonyl (C=O) groups excluding carboxylic acids is 7. The molecule has 1 fully saturated rings. The van der Waals surface area contributed by atoms with Gasteiger partial charge in [-0.2, -0.15) is 0 Å². The Morgan fingerprint density at radius 2 is 1.50 bits per heavy atom. The van der Waals surface area contributed by atoms with Crippen LogP contribution in [0.2, 0.25) is 0 Å². The molecule has 0 aliphatic carbocycles. The van der Waals surface area contributed by atoms with Crippen molar-refractivity contribution in [3.63, 3.8) is 0 Å². The van der Waals surface area contributed by atoms with E-state index in [1.54, 1.807) is 18.3 Å². The number of guanidine groups is 1. The van der Waals surface area contributed by atoms with Crippen LogP contribution in [0.1, 0.15) is 63.5 Å². The van der Waals surface area contributed by atoms with E-state index in [4.69, 9.17) is 17.2 Å². The van der Waals surface area contributed by atoms with E-state index >= 15 is 0 Å². The first-order valence-corrected chi connectivity index (χ1v) is 20.6. The number of nitrogens with zero attached hydrogens (tertiary/aromatic N) is 2. The van der Waals surface area contributed by atoms with Crippen LogP contribution in [0.5, 0.6) is 5.75 Å². The number of aliphatic hydroxyl groups excluding tert-OH is 1. The first kappa shape index (κ1) is 48.0. The molecule has 7 amide bonds. The van der Waals surface area contributed by atoms with E-state index in [-0.39, 0.29) is 69.2 Å². The minimum atomic E-state index is -1.29. The number of benzene rings is 2. The van der Waals surface area contributed by atoms with E-state index in [2.05, 4.69) is 36.6 Å². The molecular formula is C42H59N11O9. The number of primary amides is 1. The molecule has 0 unspecified atom stereocenters. The maximum Gasteiger partial charge on any atom is 0.245 e. The summed E-state index contributed by atoms with van der Waals surface area (Å²) in [6.07, 6.45) is 2.66. The maximum absolute atomic E-state index is 14.5. The Bertz CT molecular complexity index is 2070. The number of H-pyrrole nitrogens is 1. The van der Waals surface area contributed by atoms with Crippen molar-refractivity contribution in [3.05, 3.63) is 65.9 Å². The number of phenolic OH excluding ortho intramolecular Hbond substituents is 1. The summed E-state index contributed by atoms with van der Waals surface area (Å²) < 4.78 is 0. The summed E-state index contributed by atoms with van der Waals surface area (Å²) in [6, 6.07) is 7.63. The molecule has 0 spiro atoms. The van der Waals surface area contributed by atoms with Gasteiger partial charge in [0.25, 0.3) is 0 Å². The first-order valence-electron chi connectivity index (χ1n) is 20.6. The van der Waals surface area contributed by atoms with Crippen molar-refractivity contribution < 1.29 is 43.8 Å². The van der Waals surface area contributed by atoms with E-state index in [1.165, 1.54) is 17.0 Å². The van der Waals surface area contributed by atoms with Crippen molar-refractivity contribution >= 4 is 58.2 Å². The minimum Gasteiger partial charge on any atom is -0.508 e. The third-order valence-corrected chi connectivity index (χ3v) is 10.3. The standard InChI is InChI=1S/C42H59N11O9/c1-24(2)19-31(37(58)50-30(9-5-16-46-42(44)45)41(62)53-17-6-10-34(53)40(61)48-23-35(43)56)51-39(60)33(21-26-22-47-29-8-4-3-7-28(26)29)52-38(59)32(49-36(57)15-18-54)20-25-11-13-27(55)14-12-25/h3-4,7-8,11-14,22,24,30-34,47,54-55H,5-6,9-10,15-21,23H2,1-2H3,(H2,43,56)(H,48,61)(H,49,57)(H,50,58)(H,51,60)(H,52,59)(H4,44,45,46)/t30-,31-,32-,33+,34-/m0/s1. The van der Waals surface area contributed by atoms with Crippen molar-refractivity contribution in [1.29, 1.82) is 0 Å². The lowest BCUT2D eigenvalue weighted by molar-refractivity contribution is -0.142. The normalized spacial score (nSPS) is 15.5. The summed E-state index contributed by atoms with van der Waals surface area (Å²) in [4.78, 5) is 102. The molecule has 62 heavy (non-hydrogen) atoms. The van der Waals surface area contributed by atoms with Gasteiger partial charge in [0.05, 0.1) is 13.2 Å². The molecule has 5 atom stereocenters. The largest absolute Gasteiger partial charge is 0.508 e. The average Bonchev–Trinajstić information content (AvgIpc) is 3.88. The van der Waals surface area contributed by atoms with Crippen molar-refractivity contribution in [1.82, 2.24) is 36.5 Å². The van der Waals surface area contributed by atoms with Crippen molar-refractivity contribution in [2.75, 3.05) is 26.2 Å². The van der Waals surface area contributed by atoms with Crippen molar-refractivity contribution in [2.45, 2.75) is 95.4 Å². The molecule has 0 saturated carbocycles. The van der Waals surface area contributed by atoms with Gasteiger partial charge in [-0.1, -0.05) is 44.2 Å². The minimum absolute atomic E-state index is 0.000794. The fourth-order valence-corrected chi connectivity index (χ4v) is 7.25. The molecule has 4 rings (SSSR count). The third-order valence-electron chi connectivity index (χ3n) is 10.3. The molecule has 336 valence electrons. The molecule has 1 saturated heterocycles. The summed E-state index contributed by atoms with van der Waals surface area (Å²) in [5.41, 5.74) is 18.3. The Balaban J connectivity index is 1.62. The second-order valence-electron chi connectivity index (χ2n) is 15.7. The molecule has 1 aliphatic rings. The molecule has 3 aromatic rings. The number of amides is 7. The molecule has 1 aromatic heterocycles. The van der Waals surface area contributed by atoms with Gasteiger partial charge < -0.3 is 63.9 Å². The van der Waals surface area contributed by atoms with Gasteiger partial charge in [-0.05, 0) is 67.3 Å². The molecule has 0 bridgehead atoms. The first-order chi connectivity index (χ1) is 29.6. The zero-order valence-electron chi connectivity index (χ0n) is 35.0. The van der Waals surface area contributed by atoms with Crippen LogP contribution in [0.25, 0.3) is 10.9 Å². The van der Waals surface area contributed by atoms with Gasteiger partial charge in [-0.25, -0.2) is 0 Å². The Morgan fingerprint density at radius 3 is 2.16 bits per heavy atom. The van der Waals surface area contributed by atoms with E-state index in [0.717, 1.165) is 10.9 Å². The van der Waals surface area contributed by atoms with Crippen LogP contribution in [-0.2, 0) is 46.4 Å². The van der Waals surface area contributed by atoms with Crippen molar-refractivity contribution in [2.24, 2.45) is 28.1 Å². The highest BCUT2D eigenvalue weighted by Gasteiger charge is 2.39. The second-order valence-corrected chi connectivity index (χ2v) is 15.7. The van der Waals surface area contributed by atoms with Crippen LogP contribution in [0, 0.1) is 5.92 Å². The number of rotatable bonds is 23. The number of hydrogen-bond acceptors (Lipinski definition) is 10. The van der Waals surface area contributed by atoms with Crippen LogP contribution in [0.15, 0.2) is 59.7 Å². The highest BCUT2D eigenvalue weighted by Crippen LogP contribution is 2.22. The predicted octanol–water partition coefficient (Wildman–Crippen LogP) is -1.33. The van der Waals surface area contributed by atoms with Gasteiger partial charge in [0.1, 0.15) is 36.0 Å². The highest BCUT2D eigenvalue weighted by molar-refractivity contribution is 5.97. The SMILES string of the molecule is CC(C)C[C@H](NC(=O)[C@@H](Cc1c[nH]c2ccccc12)NC(=O)[C@H](Cc1ccc(O)cc1)NC(=O)CCO)C(=O)N[C@@H](CCCN=C(N)N)C(=O)N1CCC[C@H]1C(=O)NCC(N)=O. The summed E-state index contributed by atoms with van der Waals surface area (Å²) in [6.45, 7) is 3.17. The molecule has 1 aliphatic heterocycles. The number of nitrogens with one attached hydrogen (secondary N) is 6. The Kier molecular flexibility index (Phi) is 18.1. The lowest BCUT2D eigenvalue weighted by atomic mass is 9.99. The Morgan fingerprint density at radius 1 is 0.855 bits per heavy atom. The number of nitrogens with two attached hydrogens (primary N) is 3. The highest BCUT2D eigenvalue weighted by atomic mass is 16.3. The molecule has 20 heteroatoms. The van der Waals surface area contributed by atoms with Gasteiger partial charge in [-0.15, -0.1) is 0 Å². The Hall–Kier alpha value is -6.70. The van der Waals surface area contributed by atoms with Crippen LogP contribution in [-0.4, -0.2) is 124 Å². The van der Waals surface area contributed by atoms with Gasteiger partial charge in [0.15, 0.2) is 5.96 Å². The number of para-hydroxylation sites is 1. The smallest absolute Gasteiger partial charge is 0.245 e. The second kappa shape index (κ2) is 23.3. The summed E-state index contributed by atoms with van der Waals surface area (Å²) in [5.74, 6) is -4.91. The lowest BCUT2D eigenvalue weighted by Crippen LogP contribution is -2.60. The maximum atomic E-state index is 14.5. The quantitative estimate of drug-likeness (QED) is 0.0302. The van der Waals surface area contributed by atoms with Gasteiger partial charge in [0.2, 0.25) is 41.4 Å². The monoisotopic (exact) mass is 861 g/mol. The molecule has 20 nitrogen and oxygen atoms in total. The van der Waals surface area contributed by atoms with E-state index < -0.39 is 84.7 Å². The zero-order valence-corrected chi connectivity index (χ0v) is 35.0. The molecule has 2 heterocycles. The molecule has 14 N–H and O–H groups in total. The fraction of sp³-hybridized carbons (Fsp3) is 0.476. The number of aromatic hydroxyl groups is 1. The number of aromatic nitrogens is 1. The van der Waals surface area contributed by atoms with E-state index in [0.29, 0.717) is 24.0 Å². The van der Waals surface area contributed by atoms with Crippen LogP contribution < -0.4 is 43.8 Å². The topological polar surface area (TPSA) is 330 Å². The summed E-state index contributed by atoms with van der Waals surface area (Å²) in [5, 5.41) is 33.4.